The predicted molar refractivity (Wildman–Crippen MR) is 88.7 cm³/mol. The van der Waals surface area contributed by atoms with E-state index in [1.165, 1.54) is 24.0 Å². The maximum Gasteiger partial charge on any atom is 0.115 e. The molecule has 3 heteroatoms. The van der Waals surface area contributed by atoms with Gasteiger partial charge in [-0.3, -0.25) is 0 Å². The first-order chi connectivity index (χ1) is 9.97. The van der Waals surface area contributed by atoms with E-state index >= 15 is 0 Å². The van der Waals surface area contributed by atoms with Crippen LogP contribution in [0.15, 0.2) is 18.2 Å². The lowest BCUT2D eigenvalue weighted by molar-refractivity contribution is 0.237. The molecule has 0 heterocycles. The number of likely N-dealkylation sites (N-methyl/N-ethyl adjacent to an activating group) is 1. The molecule has 1 aliphatic rings. The van der Waals surface area contributed by atoms with Gasteiger partial charge in [-0.1, -0.05) is 19.9 Å². The van der Waals surface area contributed by atoms with Crippen molar-refractivity contribution in [2.24, 2.45) is 5.92 Å². The third kappa shape index (κ3) is 4.45. The lowest BCUT2D eigenvalue weighted by Crippen LogP contribution is -2.40. The topological polar surface area (TPSA) is 35.5 Å². The van der Waals surface area contributed by atoms with Gasteiger partial charge in [0, 0.05) is 18.6 Å². The monoisotopic (exact) mass is 290 g/mol. The van der Waals surface area contributed by atoms with E-state index in [0.29, 0.717) is 23.8 Å². The third-order valence-corrected chi connectivity index (χ3v) is 4.52. The van der Waals surface area contributed by atoms with Gasteiger partial charge < -0.3 is 15.3 Å². The van der Waals surface area contributed by atoms with E-state index in [1.807, 2.05) is 12.1 Å². The molecule has 0 fully saturated rings. The third-order valence-electron chi connectivity index (χ3n) is 4.52. The summed E-state index contributed by atoms with van der Waals surface area (Å²) >= 11 is 0. The zero-order valence-electron chi connectivity index (χ0n) is 13.9. The molecule has 2 unspecified atom stereocenters. The van der Waals surface area contributed by atoms with Gasteiger partial charge in [-0.05, 0) is 69.0 Å². The maximum atomic E-state index is 9.75. The highest BCUT2D eigenvalue weighted by Gasteiger charge is 2.22. The number of hydrogen-bond donors (Lipinski definition) is 2. The van der Waals surface area contributed by atoms with Gasteiger partial charge in [0.2, 0.25) is 0 Å². The van der Waals surface area contributed by atoms with Crippen LogP contribution in [-0.2, 0) is 6.42 Å². The van der Waals surface area contributed by atoms with E-state index in [1.54, 1.807) is 0 Å². The lowest BCUT2D eigenvalue weighted by atomic mass is 9.87. The van der Waals surface area contributed by atoms with Crippen LogP contribution >= 0.6 is 0 Å². The number of nitrogens with zero attached hydrogens (tertiary/aromatic N) is 1. The van der Waals surface area contributed by atoms with Crippen LogP contribution in [0.3, 0.4) is 0 Å². The summed E-state index contributed by atoms with van der Waals surface area (Å²) in [6, 6.07) is 6.78. The summed E-state index contributed by atoms with van der Waals surface area (Å²) in [4.78, 5) is 2.32. The molecule has 2 N–H and O–H groups in total. The summed E-state index contributed by atoms with van der Waals surface area (Å²) in [5.41, 5.74) is 2.69. The van der Waals surface area contributed by atoms with Gasteiger partial charge in [-0.25, -0.2) is 0 Å². The van der Waals surface area contributed by atoms with Crippen LogP contribution in [0, 0.1) is 5.92 Å². The minimum atomic E-state index is 0.383. The molecule has 2 rings (SSSR count). The number of nitrogens with one attached hydrogen (secondary N) is 1. The molecule has 0 radical (unpaired) electrons. The van der Waals surface area contributed by atoms with Gasteiger partial charge in [0.1, 0.15) is 5.75 Å². The standard InChI is InChI=1S/C18H30N2O/c1-13(2)10-15(20(3)4)12-19-18-7-5-6-14-8-9-16(21)11-17(14)18/h8-9,11,13,15,18-19,21H,5-7,10,12H2,1-4H3. The van der Waals surface area contributed by atoms with Crippen molar-refractivity contribution in [3.05, 3.63) is 29.3 Å². The first-order valence-electron chi connectivity index (χ1n) is 8.19. The second-order valence-corrected chi connectivity index (χ2v) is 6.98. The first-order valence-corrected chi connectivity index (χ1v) is 8.19. The van der Waals surface area contributed by atoms with Crippen molar-refractivity contribution in [1.29, 1.82) is 0 Å². The summed E-state index contributed by atoms with van der Waals surface area (Å²) in [6.07, 6.45) is 4.74. The second kappa shape index (κ2) is 7.28. The molecule has 0 amide bonds. The van der Waals surface area contributed by atoms with Crippen molar-refractivity contribution in [3.8, 4) is 5.75 Å². The number of aromatic hydroxyl groups is 1. The minimum absolute atomic E-state index is 0.383. The van der Waals surface area contributed by atoms with Gasteiger partial charge in [0.15, 0.2) is 0 Å². The molecule has 3 nitrogen and oxygen atoms in total. The Labute approximate surface area is 129 Å². The van der Waals surface area contributed by atoms with Crippen LogP contribution in [0.5, 0.6) is 5.75 Å². The van der Waals surface area contributed by atoms with Crippen LogP contribution in [-0.4, -0.2) is 36.7 Å². The molecule has 1 aromatic carbocycles. The second-order valence-electron chi connectivity index (χ2n) is 6.98. The van der Waals surface area contributed by atoms with Gasteiger partial charge in [0.25, 0.3) is 0 Å². The van der Waals surface area contributed by atoms with Gasteiger partial charge in [0.05, 0.1) is 0 Å². The Bertz CT molecular complexity index is 457. The molecule has 0 spiro atoms. The van der Waals surface area contributed by atoms with Gasteiger partial charge in [-0.2, -0.15) is 0 Å². The maximum absolute atomic E-state index is 9.75. The van der Waals surface area contributed by atoms with Crippen molar-refractivity contribution >= 4 is 0 Å². The average Bonchev–Trinajstić information content (AvgIpc) is 2.42. The van der Waals surface area contributed by atoms with Gasteiger partial charge in [-0.15, -0.1) is 0 Å². The normalized spacial score (nSPS) is 19.8. The molecule has 118 valence electrons. The van der Waals surface area contributed by atoms with Crippen LogP contribution in [0.1, 0.15) is 50.3 Å². The Morgan fingerprint density at radius 1 is 1.33 bits per heavy atom. The van der Waals surface area contributed by atoms with Crippen molar-refractivity contribution in [2.45, 2.75) is 51.6 Å². The van der Waals surface area contributed by atoms with Crippen LogP contribution in [0.25, 0.3) is 0 Å². The summed E-state index contributed by atoms with van der Waals surface area (Å²) in [6.45, 7) is 5.57. The Morgan fingerprint density at radius 3 is 2.76 bits per heavy atom. The zero-order chi connectivity index (χ0) is 15.4. The molecule has 2 atom stereocenters. The van der Waals surface area contributed by atoms with Gasteiger partial charge >= 0.3 is 0 Å². The number of phenols is 1. The summed E-state index contributed by atoms with van der Waals surface area (Å²) < 4.78 is 0. The number of phenolic OH excluding ortho intramolecular Hbond substituents is 1. The molecule has 1 aliphatic carbocycles. The van der Waals surface area contributed by atoms with E-state index in [4.69, 9.17) is 0 Å². The Balaban J connectivity index is 2.02. The summed E-state index contributed by atoms with van der Waals surface area (Å²) in [7, 11) is 4.32. The predicted octanol–water partition coefficient (Wildman–Crippen LogP) is 3.34. The molecule has 0 saturated heterocycles. The largest absolute Gasteiger partial charge is 0.508 e. The van der Waals surface area contributed by atoms with Crippen LogP contribution in [0.2, 0.25) is 0 Å². The molecule has 1 aromatic rings. The fourth-order valence-electron chi connectivity index (χ4n) is 3.30. The highest BCUT2D eigenvalue weighted by atomic mass is 16.3. The SMILES string of the molecule is CC(C)CC(CNC1CCCc2ccc(O)cc21)N(C)C. The van der Waals surface area contributed by atoms with E-state index in [9.17, 15) is 5.11 Å². The molecule has 0 saturated carbocycles. The van der Waals surface area contributed by atoms with E-state index in [-0.39, 0.29) is 0 Å². The fourth-order valence-corrected chi connectivity index (χ4v) is 3.30. The average molecular weight is 290 g/mol. The molecular formula is C18H30N2O. The molecule has 0 bridgehead atoms. The number of benzene rings is 1. The Morgan fingerprint density at radius 2 is 2.10 bits per heavy atom. The lowest BCUT2D eigenvalue weighted by Gasteiger charge is -2.31. The quantitative estimate of drug-likeness (QED) is 0.843. The Hall–Kier alpha value is -1.06. The first kappa shape index (κ1) is 16.3. The molecular weight excluding hydrogens is 260 g/mol. The van der Waals surface area contributed by atoms with E-state index < -0.39 is 0 Å². The molecule has 0 aliphatic heterocycles. The highest BCUT2D eigenvalue weighted by molar-refractivity contribution is 5.38. The highest BCUT2D eigenvalue weighted by Crippen LogP contribution is 2.32. The van der Waals surface area contributed by atoms with Crippen molar-refractivity contribution in [2.75, 3.05) is 20.6 Å². The number of rotatable bonds is 6. The zero-order valence-corrected chi connectivity index (χ0v) is 13.9. The van der Waals surface area contributed by atoms with Crippen LogP contribution < -0.4 is 5.32 Å². The summed E-state index contributed by atoms with van der Waals surface area (Å²) in [5.74, 6) is 1.09. The number of fused-ring (bicyclic) bond motifs is 1. The smallest absolute Gasteiger partial charge is 0.115 e. The van der Waals surface area contributed by atoms with Crippen molar-refractivity contribution < 1.29 is 5.11 Å². The van der Waals surface area contributed by atoms with Crippen molar-refractivity contribution in [1.82, 2.24) is 10.2 Å². The number of hydrogen-bond acceptors (Lipinski definition) is 3. The van der Waals surface area contributed by atoms with E-state index in [2.05, 4.69) is 44.2 Å². The fraction of sp³-hybridized carbons (Fsp3) is 0.667. The van der Waals surface area contributed by atoms with Crippen LogP contribution in [0.4, 0.5) is 0 Å². The summed E-state index contributed by atoms with van der Waals surface area (Å²) in [5, 5.41) is 13.5. The minimum Gasteiger partial charge on any atom is -0.508 e. The van der Waals surface area contributed by atoms with E-state index in [0.717, 1.165) is 19.4 Å². The molecule has 21 heavy (non-hydrogen) atoms. The van der Waals surface area contributed by atoms with Crippen molar-refractivity contribution in [3.63, 3.8) is 0 Å². The Kier molecular flexibility index (Phi) is 5.65. The number of aryl methyl sites for hydroxylation is 1. The molecule has 0 aromatic heterocycles.